The molecule has 2 N–H and O–H groups in total. The van der Waals surface area contributed by atoms with Gasteiger partial charge in [0.15, 0.2) is 29.2 Å². The molecule has 37 heavy (non-hydrogen) atoms. The van der Waals surface area contributed by atoms with E-state index in [1.54, 1.807) is 12.1 Å². The molecule has 5 rings (SSSR count). The van der Waals surface area contributed by atoms with Gasteiger partial charge in [-0.15, -0.1) is 0 Å². The Morgan fingerprint density at radius 1 is 0.919 bits per heavy atom. The molecule has 3 unspecified atom stereocenters. The molecule has 0 saturated carbocycles. The van der Waals surface area contributed by atoms with Gasteiger partial charge in [-0.3, -0.25) is 4.90 Å². The lowest BCUT2D eigenvalue weighted by molar-refractivity contribution is -0.0784. The minimum atomic E-state index is -0.267. The summed E-state index contributed by atoms with van der Waals surface area (Å²) in [7, 11) is 1.47. The van der Waals surface area contributed by atoms with Gasteiger partial charge in [-0.05, 0) is 23.8 Å². The molecule has 0 bridgehead atoms. The van der Waals surface area contributed by atoms with E-state index in [9.17, 15) is 10.2 Å². The first-order chi connectivity index (χ1) is 18.0. The number of methoxy groups -OCH3 is 1. The molecule has 1 saturated heterocycles. The lowest BCUT2D eigenvalue weighted by Gasteiger charge is -2.44. The fraction of sp³-hybridized carbons (Fsp3) is 0.586. The van der Waals surface area contributed by atoms with Crippen LogP contribution in [0.3, 0.4) is 0 Å². The summed E-state index contributed by atoms with van der Waals surface area (Å²) >= 11 is 0. The van der Waals surface area contributed by atoms with Crippen molar-refractivity contribution in [3.05, 3.63) is 35.4 Å². The monoisotopic (exact) mass is 519 g/mol. The molecule has 0 radical (unpaired) electrons. The summed E-state index contributed by atoms with van der Waals surface area (Å²) in [5.74, 6) is 1.74. The van der Waals surface area contributed by atoms with E-state index in [1.165, 1.54) is 13.5 Å². The fourth-order valence-corrected chi connectivity index (χ4v) is 4.64. The van der Waals surface area contributed by atoms with E-state index in [4.69, 9.17) is 23.7 Å². The Bertz CT molecular complexity index is 975. The molecule has 0 amide bonds. The zero-order chi connectivity index (χ0) is 27.5. The second-order valence-electron chi connectivity index (χ2n) is 8.53. The predicted octanol–water partition coefficient (Wildman–Crippen LogP) is 6.12. The van der Waals surface area contributed by atoms with Crippen LogP contribution < -0.4 is 18.9 Å². The normalized spacial score (nSPS) is 21.5. The van der Waals surface area contributed by atoms with Crippen LogP contribution in [0.15, 0.2) is 24.3 Å². The first kappa shape index (κ1) is 30.4. The van der Waals surface area contributed by atoms with E-state index in [0.29, 0.717) is 24.7 Å². The van der Waals surface area contributed by atoms with Crippen LogP contribution in [-0.2, 0) is 4.74 Å². The zero-order valence-corrected chi connectivity index (χ0v) is 23.7. The first-order valence-corrected chi connectivity index (χ1v) is 13.5. The number of nitrogens with zero attached hydrogens (tertiary/aromatic N) is 1. The highest BCUT2D eigenvalue weighted by molar-refractivity contribution is 5.59. The number of hydrogen-bond acceptors (Lipinski definition) is 8. The van der Waals surface area contributed by atoms with Gasteiger partial charge in [0.25, 0.3) is 0 Å². The van der Waals surface area contributed by atoms with Gasteiger partial charge in [0.05, 0.1) is 20.3 Å². The third kappa shape index (κ3) is 6.73. The molecule has 3 atom stereocenters. The number of rotatable bonds is 3. The maximum absolute atomic E-state index is 10.3. The fourth-order valence-electron chi connectivity index (χ4n) is 4.64. The maximum Gasteiger partial charge on any atom is 0.231 e. The minimum Gasteiger partial charge on any atom is -0.504 e. The summed E-state index contributed by atoms with van der Waals surface area (Å²) in [5.41, 5.74) is 1.78. The molecule has 0 aromatic heterocycles. The van der Waals surface area contributed by atoms with Crippen LogP contribution >= 0.6 is 0 Å². The molecule has 0 aliphatic carbocycles. The number of aromatic hydroxyl groups is 2. The summed E-state index contributed by atoms with van der Waals surface area (Å²) in [4.78, 5) is 2.28. The highest BCUT2D eigenvalue weighted by Crippen LogP contribution is 2.51. The largest absolute Gasteiger partial charge is 0.504 e. The van der Waals surface area contributed by atoms with Crippen molar-refractivity contribution in [3.8, 4) is 34.5 Å². The van der Waals surface area contributed by atoms with Gasteiger partial charge in [0.2, 0.25) is 12.5 Å². The molecule has 0 spiro atoms. The molecule has 2 aromatic carbocycles. The summed E-state index contributed by atoms with van der Waals surface area (Å²) in [6, 6.07) is 7.19. The van der Waals surface area contributed by atoms with Crippen molar-refractivity contribution >= 4 is 0 Å². The summed E-state index contributed by atoms with van der Waals surface area (Å²) in [5, 5.41) is 20.4. The molecule has 8 heteroatoms. The first-order valence-electron chi connectivity index (χ1n) is 13.5. The van der Waals surface area contributed by atoms with Crippen LogP contribution in [0.4, 0.5) is 0 Å². The van der Waals surface area contributed by atoms with Crippen molar-refractivity contribution in [1.82, 2.24) is 4.90 Å². The topological polar surface area (TPSA) is 89.9 Å². The molecular formula is C29H45NO7. The Balaban J connectivity index is 0.000000630. The number of hydrogen-bond donors (Lipinski definition) is 2. The van der Waals surface area contributed by atoms with Crippen LogP contribution in [0.25, 0.3) is 0 Å². The van der Waals surface area contributed by atoms with E-state index in [0.717, 1.165) is 30.0 Å². The van der Waals surface area contributed by atoms with Crippen molar-refractivity contribution in [3.63, 3.8) is 0 Å². The van der Waals surface area contributed by atoms with Crippen molar-refractivity contribution in [2.45, 2.75) is 67.0 Å². The third-order valence-electron chi connectivity index (χ3n) is 6.13. The number of fused-ring (bicyclic) bond motifs is 2. The SMILES string of the molecule is CC.CC.CCC.COc1cc(C2c3cc4c(cc3OC(N3CCOCC3)C2C)OCO4)cc(O)c1O. The van der Waals surface area contributed by atoms with Crippen molar-refractivity contribution in [2.24, 2.45) is 5.92 Å². The summed E-state index contributed by atoms with van der Waals surface area (Å²) in [6.45, 7) is 17.5. The van der Waals surface area contributed by atoms with E-state index >= 15 is 0 Å². The second kappa shape index (κ2) is 14.8. The standard InChI is InChI=1S/C22H25NO7.C3H8.2C2H6/c1-12-20(13-7-15(24)21(25)19(8-13)26-2)14-9-17-18(29-11-28-17)10-16(14)30-22(12)23-3-5-27-6-4-23;1-3-2;2*1-2/h7-10,12,20,22,24-25H,3-6,11H2,1-2H3;3H2,1-2H3;2*1-2H3. The molecular weight excluding hydrogens is 474 g/mol. The Hall–Kier alpha value is -2.84. The van der Waals surface area contributed by atoms with Gasteiger partial charge >= 0.3 is 0 Å². The average Bonchev–Trinajstić information content (AvgIpc) is 3.39. The highest BCUT2D eigenvalue weighted by Gasteiger charge is 2.41. The maximum atomic E-state index is 10.3. The number of benzene rings is 2. The quantitative estimate of drug-likeness (QED) is 0.469. The summed E-state index contributed by atoms with van der Waals surface area (Å²) in [6.07, 6.45) is 1.08. The van der Waals surface area contributed by atoms with E-state index in [-0.39, 0.29) is 42.1 Å². The predicted molar refractivity (Wildman–Crippen MR) is 145 cm³/mol. The third-order valence-corrected chi connectivity index (χ3v) is 6.13. The lowest BCUT2D eigenvalue weighted by atomic mass is 9.78. The molecule has 3 heterocycles. The van der Waals surface area contributed by atoms with Crippen LogP contribution in [0.1, 0.15) is 71.9 Å². The minimum absolute atomic E-state index is 0.0459. The molecule has 208 valence electrons. The zero-order valence-electron chi connectivity index (χ0n) is 23.7. The van der Waals surface area contributed by atoms with Crippen LogP contribution in [-0.4, -0.2) is 61.5 Å². The Kier molecular flexibility index (Phi) is 12.1. The van der Waals surface area contributed by atoms with Gasteiger partial charge in [-0.2, -0.15) is 0 Å². The van der Waals surface area contributed by atoms with Gasteiger partial charge in [-0.1, -0.05) is 54.9 Å². The van der Waals surface area contributed by atoms with Gasteiger partial charge in [0.1, 0.15) is 5.75 Å². The number of ether oxygens (including phenoxy) is 5. The number of morpholine rings is 1. The Morgan fingerprint density at radius 3 is 2.11 bits per heavy atom. The van der Waals surface area contributed by atoms with Crippen LogP contribution in [0, 0.1) is 5.92 Å². The van der Waals surface area contributed by atoms with Gasteiger partial charge < -0.3 is 33.9 Å². The van der Waals surface area contributed by atoms with E-state index in [1.807, 2.05) is 39.8 Å². The number of phenolic OH excluding ortho intramolecular Hbond substituents is 2. The Labute approximate surface area is 222 Å². The number of phenols is 2. The van der Waals surface area contributed by atoms with Gasteiger partial charge in [0, 0.05) is 36.6 Å². The van der Waals surface area contributed by atoms with Crippen molar-refractivity contribution < 1.29 is 33.9 Å². The van der Waals surface area contributed by atoms with Gasteiger partial charge in [-0.25, -0.2) is 0 Å². The van der Waals surface area contributed by atoms with Crippen LogP contribution in [0.5, 0.6) is 34.5 Å². The van der Waals surface area contributed by atoms with Crippen molar-refractivity contribution in [1.29, 1.82) is 0 Å². The molecule has 2 aromatic rings. The van der Waals surface area contributed by atoms with Crippen molar-refractivity contribution in [2.75, 3.05) is 40.2 Å². The molecule has 3 aliphatic rings. The molecule has 3 aliphatic heterocycles. The molecule has 8 nitrogen and oxygen atoms in total. The molecule has 1 fully saturated rings. The Morgan fingerprint density at radius 2 is 1.51 bits per heavy atom. The smallest absolute Gasteiger partial charge is 0.231 e. The van der Waals surface area contributed by atoms with E-state index in [2.05, 4.69) is 25.7 Å². The highest BCUT2D eigenvalue weighted by atomic mass is 16.7. The second-order valence-corrected chi connectivity index (χ2v) is 8.53. The summed E-state index contributed by atoms with van der Waals surface area (Å²) < 4.78 is 28.4. The lowest BCUT2D eigenvalue weighted by Crippen LogP contribution is -2.52. The van der Waals surface area contributed by atoms with E-state index < -0.39 is 0 Å². The average molecular weight is 520 g/mol. The van der Waals surface area contributed by atoms with Crippen LogP contribution in [0.2, 0.25) is 0 Å².